The van der Waals surface area contributed by atoms with Crippen LogP contribution in [0.4, 0.5) is 13.2 Å². The molecule has 0 fully saturated rings. The van der Waals surface area contributed by atoms with Crippen molar-refractivity contribution in [1.29, 1.82) is 0 Å². The van der Waals surface area contributed by atoms with E-state index in [0.29, 0.717) is 27.4 Å². The van der Waals surface area contributed by atoms with Crippen molar-refractivity contribution < 1.29 is 22.7 Å². The van der Waals surface area contributed by atoms with Crippen LogP contribution in [0.1, 0.15) is 31.9 Å². The molecule has 4 rings (SSSR count). The van der Waals surface area contributed by atoms with Crippen LogP contribution < -0.4 is 15.6 Å². The predicted octanol–water partition coefficient (Wildman–Crippen LogP) is 5.94. The van der Waals surface area contributed by atoms with Gasteiger partial charge in [0.05, 0.1) is 16.0 Å². The van der Waals surface area contributed by atoms with Crippen molar-refractivity contribution in [1.82, 2.24) is 10.3 Å². The number of benzene rings is 2. The Morgan fingerprint density at radius 1 is 1.03 bits per heavy atom. The first-order valence-corrected chi connectivity index (χ1v) is 11.5. The zero-order chi connectivity index (χ0) is 25.0. The molecule has 2 aromatic carbocycles. The number of ether oxygens (including phenoxy) is 1. The van der Waals surface area contributed by atoms with E-state index in [4.69, 9.17) is 4.74 Å². The summed E-state index contributed by atoms with van der Waals surface area (Å²) in [6, 6.07) is 17.5. The average molecular weight is 499 g/mol. The molecule has 0 aliphatic rings. The van der Waals surface area contributed by atoms with Gasteiger partial charge in [0.2, 0.25) is 0 Å². The van der Waals surface area contributed by atoms with Gasteiger partial charge in [-0.25, -0.2) is 0 Å². The first kappa shape index (κ1) is 24.3. The molecule has 0 radical (unpaired) electrons. The lowest BCUT2D eigenvalue weighted by Gasteiger charge is -2.11. The van der Waals surface area contributed by atoms with Crippen molar-refractivity contribution in [3.05, 3.63) is 110 Å². The minimum Gasteiger partial charge on any atom is -0.488 e. The summed E-state index contributed by atoms with van der Waals surface area (Å²) in [7, 11) is 0. The minimum atomic E-state index is -4.42. The Balaban J connectivity index is 1.52. The quantitative estimate of drug-likeness (QED) is 0.331. The molecule has 2 N–H and O–H groups in total. The lowest BCUT2D eigenvalue weighted by molar-refractivity contribution is -0.137. The van der Waals surface area contributed by atoms with E-state index in [9.17, 15) is 22.8 Å². The molecule has 0 saturated carbocycles. The van der Waals surface area contributed by atoms with Crippen molar-refractivity contribution in [3.63, 3.8) is 0 Å². The predicted molar refractivity (Wildman–Crippen MR) is 129 cm³/mol. The molecule has 0 bridgehead atoms. The molecule has 2 heterocycles. The van der Waals surface area contributed by atoms with Crippen molar-refractivity contribution in [3.8, 4) is 16.2 Å². The fourth-order valence-corrected chi connectivity index (χ4v) is 4.59. The number of aromatic amines is 1. The van der Waals surface area contributed by atoms with E-state index in [1.807, 2.05) is 30.3 Å². The topological polar surface area (TPSA) is 71.2 Å². The van der Waals surface area contributed by atoms with E-state index < -0.39 is 17.3 Å². The first-order chi connectivity index (χ1) is 16.7. The number of halogens is 3. The zero-order valence-electron chi connectivity index (χ0n) is 18.6. The van der Waals surface area contributed by atoms with Gasteiger partial charge < -0.3 is 15.0 Å². The number of alkyl halides is 3. The van der Waals surface area contributed by atoms with Gasteiger partial charge in [0.15, 0.2) is 0 Å². The third kappa shape index (κ3) is 5.81. The number of H-pyrrole nitrogens is 1. The Morgan fingerprint density at radius 3 is 2.43 bits per heavy atom. The van der Waals surface area contributed by atoms with Gasteiger partial charge in [-0.05, 0) is 47.9 Å². The minimum absolute atomic E-state index is 0.0244. The van der Waals surface area contributed by atoms with Crippen LogP contribution in [0.2, 0.25) is 0 Å². The maximum Gasteiger partial charge on any atom is 0.416 e. The van der Waals surface area contributed by atoms with Crippen molar-refractivity contribution >= 4 is 17.2 Å². The van der Waals surface area contributed by atoms with E-state index in [1.54, 1.807) is 19.1 Å². The Labute approximate surface area is 203 Å². The number of thiophene rings is 1. The normalized spacial score (nSPS) is 11.3. The lowest BCUT2D eigenvalue weighted by Crippen LogP contribution is -2.22. The summed E-state index contributed by atoms with van der Waals surface area (Å²) in [6.07, 6.45) is -2.98. The maximum atomic E-state index is 12.8. The highest BCUT2D eigenvalue weighted by molar-refractivity contribution is 7.17. The first-order valence-electron chi connectivity index (χ1n) is 10.7. The molecular formula is C26H21F3N2O3S. The van der Waals surface area contributed by atoms with Crippen molar-refractivity contribution in [2.24, 2.45) is 0 Å². The largest absolute Gasteiger partial charge is 0.488 e. The molecule has 4 aromatic rings. The number of nitrogens with one attached hydrogen (secondary N) is 2. The van der Waals surface area contributed by atoms with E-state index >= 15 is 0 Å². The molecular weight excluding hydrogens is 477 g/mol. The van der Waals surface area contributed by atoms with Gasteiger partial charge in [-0.15, -0.1) is 11.3 Å². The van der Waals surface area contributed by atoms with Gasteiger partial charge in [-0.2, -0.15) is 13.2 Å². The summed E-state index contributed by atoms with van der Waals surface area (Å²) >= 11 is 1.17. The molecule has 5 nitrogen and oxygen atoms in total. The molecule has 0 unspecified atom stereocenters. The molecule has 9 heteroatoms. The SMILES string of the molecule is Cc1cc(-c2c(OCc3ccc(C(F)(F)F)cc3)cc[nH]c2=O)sc1C(=O)NCc1ccccc1. The van der Waals surface area contributed by atoms with E-state index in [2.05, 4.69) is 10.3 Å². The number of carbonyl (C=O) groups excluding carboxylic acids is 1. The van der Waals surface area contributed by atoms with Gasteiger partial charge in [0.1, 0.15) is 12.4 Å². The van der Waals surface area contributed by atoms with Gasteiger partial charge in [-0.3, -0.25) is 9.59 Å². The van der Waals surface area contributed by atoms with Crippen LogP contribution in [-0.2, 0) is 19.3 Å². The number of amides is 1. The summed E-state index contributed by atoms with van der Waals surface area (Å²) in [5.41, 5.74) is 1.32. The molecule has 0 atom stereocenters. The second kappa shape index (κ2) is 10.2. The fraction of sp³-hybridized carbons (Fsp3) is 0.154. The molecule has 0 aliphatic carbocycles. The number of pyridine rings is 1. The summed E-state index contributed by atoms with van der Waals surface area (Å²) in [4.78, 5) is 29.1. The molecule has 180 valence electrons. The third-order valence-corrected chi connectivity index (χ3v) is 6.52. The summed E-state index contributed by atoms with van der Waals surface area (Å²) < 4.78 is 44.2. The Morgan fingerprint density at radius 2 is 1.74 bits per heavy atom. The number of carbonyl (C=O) groups is 1. The van der Waals surface area contributed by atoms with Gasteiger partial charge >= 0.3 is 6.18 Å². The van der Waals surface area contributed by atoms with Crippen LogP contribution in [0.15, 0.2) is 77.7 Å². The highest BCUT2D eigenvalue weighted by Crippen LogP contribution is 2.35. The fourth-order valence-electron chi connectivity index (χ4n) is 3.45. The zero-order valence-corrected chi connectivity index (χ0v) is 19.4. The monoisotopic (exact) mass is 498 g/mol. The number of hydrogen-bond acceptors (Lipinski definition) is 4. The van der Waals surface area contributed by atoms with Crippen LogP contribution in [0, 0.1) is 6.92 Å². The smallest absolute Gasteiger partial charge is 0.416 e. The summed E-state index contributed by atoms with van der Waals surface area (Å²) in [6.45, 7) is 2.14. The number of hydrogen-bond donors (Lipinski definition) is 2. The Bertz CT molecular complexity index is 1380. The second-order valence-corrected chi connectivity index (χ2v) is 8.87. The molecule has 35 heavy (non-hydrogen) atoms. The maximum absolute atomic E-state index is 12.8. The standard InChI is InChI=1S/C26H21F3N2O3S/c1-16-13-21(35-23(16)25(33)31-14-17-5-3-2-4-6-17)22-20(11-12-30-24(22)32)34-15-18-7-9-19(10-8-18)26(27,28)29/h2-13H,14-15H2,1H3,(H,30,32)(H,31,33). The van der Waals surface area contributed by atoms with Crippen LogP contribution in [0.5, 0.6) is 5.75 Å². The average Bonchev–Trinajstić information content (AvgIpc) is 3.22. The van der Waals surface area contributed by atoms with Crippen LogP contribution in [-0.4, -0.2) is 10.9 Å². The third-order valence-electron chi connectivity index (χ3n) is 5.26. The van der Waals surface area contributed by atoms with Crippen molar-refractivity contribution in [2.75, 3.05) is 0 Å². The van der Waals surface area contributed by atoms with Gasteiger partial charge in [0.25, 0.3) is 11.5 Å². The lowest BCUT2D eigenvalue weighted by atomic mass is 10.1. The van der Waals surface area contributed by atoms with Crippen LogP contribution in [0.3, 0.4) is 0 Å². The number of aromatic nitrogens is 1. The molecule has 1 amide bonds. The molecule has 0 aliphatic heterocycles. The Kier molecular flexibility index (Phi) is 7.07. The van der Waals surface area contributed by atoms with Crippen molar-refractivity contribution in [2.45, 2.75) is 26.3 Å². The summed E-state index contributed by atoms with van der Waals surface area (Å²) in [5.74, 6) is 0.0216. The second-order valence-electron chi connectivity index (χ2n) is 7.82. The van der Waals surface area contributed by atoms with Crippen LogP contribution >= 0.6 is 11.3 Å². The van der Waals surface area contributed by atoms with Gasteiger partial charge in [0, 0.05) is 17.6 Å². The van der Waals surface area contributed by atoms with E-state index in [-0.39, 0.29) is 23.8 Å². The van der Waals surface area contributed by atoms with Crippen LogP contribution in [0.25, 0.3) is 10.4 Å². The van der Waals surface area contributed by atoms with E-state index in [1.165, 1.54) is 29.7 Å². The number of aryl methyl sites for hydroxylation is 1. The van der Waals surface area contributed by atoms with Gasteiger partial charge in [-0.1, -0.05) is 42.5 Å². The molecule has 0 saturated heterocycles. The highest BCUT2D eigenvalue weighted by Gasteiger charge is 2.30. The summed E-state index contributed by atoms with van der Waals surface area (Å²) in [5, 5.41) is 2.89. The number of rotatable bonds is 7. The molecule has 2 aromatic heterocycles. The highest BCUT2D eigenvalue weighted by atomic mass is 32.1. The molecule has 0 spiro atoms. The van der Waals surface area contributed by atoms with E-state index in [0.717, 1.165) is 17.7 Å². The Hall–Kier alpha value is -3.85.